The van der Waals surface area contributed by atoms with Crippen LogP contribution in [0.2, 0.25) is 5.02 Å². The Bertz CT molecular complexity index is 599. The molecule has 0 aliphatic carbocycles. The van der Waals surface area contributed by atoms with Crippen LogP contribution in [0.15, 0.2) is 40.9 Å². The fraction of sp³-hybridized carbons (Fsp3) is 0.200. The van der Waals surface area contributed by atoms with E-state index in [0.717, 1.165) is 31.9 Å². The summed E-state index contributed by atoms with van der Waals surface area (Å²) in [5.41, 5.74) is 3.05. The number of aryl methyl sites for hydroxylation is 1. The topological polar surface area (TPSA) is 9.23 Å². The van der Waals surface area contributed by atoms with Crippen LogP contribution in [-0.2, 0) is 0 Å². The lowest BCUT2D eigenvalue weighted by molar-refractivity contribution is 0.414. The molecule has 1 unspecified atom stereocenters. The zero-order valence-corrected chi connectivity index (χ0v) is 13.7. The summed E-state index contributed by atoms with van der Waals surface area (Å²) in [5, 5.41) is 0.526. The maximum absolute atomic E-state index is 6.54. The van der Waals surface area contributed by atoms with Gasteiger partial charge in [-0.15, -0.1) is 11.6 Å². The van der Waals surface area contributed by atoms with Gasteiger partial charge in [-0.1, -0.05) is 45.7 Å². The molecule has 0 aromatic heterocycles. The van der Waals surface area contributed by atoms with Gasteiger partial charge >= 0.3 is 0 Å². The van der Waals surface area contributed by atoms with Crippen molar-refractivity contribution in [3.05, 3.63) is 62.6 Å². The predicted octanol–water partition coefficient (Wildman–Crippen LogP) is 5.75. The van der Waals surface area contributed by atoms with Crippen LogP contribution in [0.3, 0.4) is 0 Å². The molecular weight excluding hydrogens is 347 g/mol. The average Bonchev–Trinajstić information content (AvgIpc) is 2.41. The monoisotopic (exact) mass is 358 g/mol. The molecule has 0 aliphatic rings. The maximum Gasteiger partial charge on any atom is 0.120 e. The maximum atomic E-state index is 6.54. The molecule has 0 bridgehead atoms. The lowest BCUT2D eigenvalue weighted by Crippen LogP contribution is -1.96. The number of benzene rings is 2. The second kappa shape index (κ2) is 6.17. The molecule has 0 saturated carbocycles. The van der Waals surface area contributed by atoms with E-state index in [1.165, 1.54) is 0 Å². The average molecular weight is 360 g/mol. The highest BCUT2D eigenvalue weighted by Gasteiger charge is 2.15. The van der Waals surface area contributed by atoms with Crippen molar-refractivity contribution in [3.8, 4) is 5.75 Å². The van der Waals surface area contributed by atoms with Crippen molar-refractivity contribution in [2.24, 2.45) is 0 Å². The molecule has 0 N–H and O–H groups in total. The highest BCUT2D eigenvalue weighted by atomic mass is 79.9. The fourth-order valence-corrected chi connectivity index (χ4v) is 3.01. The Hall–Kier alpha value is -0.700. The van der Waals surface area contributed by atoms with Crippen LogP contribution >= 0.6 is 39.1 Å². The summed E-state index contributed by atoms with van der Waals surface area (Å²) >= 11 is 16.1. The van der Waals surface area contributed by atoms with Gasteiger partial charge in [0.25, 0.3) is 0 Å². The minimum atomic E-state index is -0.226. The zero-order valence-electron chi connectivity index (χ0n) is 10.6. The Morgan fingerprint density at radius 2 is 1.89 bits per heavy atom. The van der Waals surface area contributed by atoms with E-state index in [-0.39, 0.29) is 5.38 Å². The van der Waals surface area contributed by atoms with Crippen molar-refractivity contribution < 1.29 is 4.74 Å². The number of hydrogen-bond donors (Lipinski definition) is 0. The molecule has 19 heavy (non-hydrogen) atoms. The van der Waals surface area contributed by atoms with Gasteiger partial charge in [-0.05, 0) is 41.8 Å². The first-order valence-electron chi connectivity index (χ1n) is 5.76. The van der Waals surface area contributed by atoms with E-state index in [1.54, 1.807) is 7.11 Å². The standard InChI is InChI=1S/C15H13BrCl2O/c1-9-7-10(3-6-14(9)17)15(18)12-5-4-11(19-2)8-13(12)16/h3-8,15H,1-2H3. The van der Waals surface area contributed by atoms with E-state index < -0.39 is 0 Å². The first-order valence-corrected chi connectivity index (χ1v) is 7.37. The molecule has 0 aliphatic heterocycles. The molecule has 2 rings (SSSR count). The number of ether oxygens (including phenoxy) is 1. The molecule has 0 fully saturated rings. The fourth-order valence-electron chi connectivity index (χ4n) is 1.85. The van der Waals surface area contributed by atoms with Gasteiger partial charge in [0.05, 0.1) is 12.5 Å². The molecular formula is C15H13BrCl2O. The Labute approximate surface area is 131 Å². The van der Waals surface area contributed by atoms with Crippen molar-refractivity contribution in [3.63, 3.8) is 0 Å². The second-order valence-corrected chi connectivity index (χ2v) is 5.96. The van der Waals surface area contributed by atoms with Gasteiger partial charge in [0.15, 0.2) is 0 Å². The molecule has 0 amide bonds. The summed E-state index contributed by atoms with van der Waals surface area (Å²) in [5.74, 6) is 0.798. The molecule has 1 nitrogen and oxygen atoms in total. The summed E-state index contributed by atoms with van der Waals surface area (Å²) in [6.45, 7) is 1.97. The van der Waals surface area contributed by atoms with Crippen LogP contribution in [0, 0.1) is 6.92 Å². The van der Waals surface area contributed by atoms with Crippen LogP contribution in [0.25, 0.3) is 0 Å². The predicted molar refractivity (Wildman–Crippen MR) is 84.6 cm³/mol. The Balaban J connectivity index is 2.38. The third-order valence-electron chi connectivity index (χ3n) is 2.96. The smallest absolute Gasteiger partial charge is 0.120 e. The van der Waals surface area contributed by atoms with Crippen molar-refractivity contribution in [1.29, 1.82) is 0 Å². The summed E-state index contributed by atoms with van der Waals surface area (Å²) in [6.07, 6.45) is 0. The van der Waals surface area contributed by atoms with Gasteiger partial charge in [0.2, 0.25) is 0 Å². The van der Waals surface area contributed by atoms with Gasteiger partial charge < -0.3 is 4.74 Å². The number of methoxy groups -OCH3 is 1. The van der Waals surface area contributed by atoms with Gasteiger partial charge in [-0.2, -0.15) is 0 Å². The number of alkyl halides is 1. The highest BCUT2D eigenvalue weighted by molar-refractivity contribution is 9.10. The van der Waals surface area contributed by atoms with E-state index in [0.29, 0.717) is 0 Å². The number of halogens is 3. The first kappa shape index (κ1) is 14.7. The van der Waals surface area contributed by atoms with Crippen molar-refractivity contribution in [1.82, 2.24) is 0 Å². The molecule has 0 saturated heterocycles. The Morgan fingerprint density at radius 1 is 1.16 bits per heavy atom. The number of rotatable bonds is 3. The van der Waals surface area contributed by atoms with Crippen molar-refractivity contribution >= 4 is 39.1 Å². The summed E-state index contributed by atoms with van der Waals surface area (Å²) < 4.78 is 6.11. The molecule has 2 aromatic carbocycles. The first-order chi connectivity index (χ1) is 9.02. The molecule has 0 spiro atoms. The third kappa shape index (κ3) is 3.25. The van der Waals surface area contributed by atoms with Crippen LogP contribution < -0.4 is 4.74 Å². The van der Waals surface area contributed by atoms with Crippen LogP contribution in [-0.4, -0.2) is 7.11 Å². The molecule has 2 aromatic rings. The van der Waals surface area contributed by atoms with E-state index in [9.17, 15) is 0 Å². The minimum absolute atomic E-state index is 0.226. The zero-order chi connectivity index (χ0) is 14.0. The van der Waals surface area contributed by atoms with Gasteiger partial charge in [0.1, 0.15) is 5.75 Å². The van der Waals surface area contributed by atoms with E-state index in [1.807, 2.05) is 43.3 Å². The molecule has 100 valence electrons. The lowest BCUT2D eigenvalue weighted by atomic mass is 10.0. The Morgan fingerprint density at radius 3 is 2.47 bits per heavy atom. The van der Waals surface area contributed by atoms with E-state index >= 15 is 0 Å². The summed E-state index contributed by atoms with van der Waals surface area (Å²) in [7, 11) is 1.64. The minimum Gasteiger partial charge on any atom is -0.497 e. The third-order valence-corrected chi connectivity index (χ3v) is 4.55. The normalized spacial score (nSPS) is 12.3. The molecule has 1 atom stereocenters. The molecule has 0 heterocycles. The van der Waals surface area contributed by atoms with Gasteiger partial charge in [-0.25, -0.2) is 0 Å². The molecule has 4 heteroatoms. The SMILES string of the molecule is COc1ccc(C(Cl)c2ccc(Cl)c(C)c2)c(Br)c1. The summed E-state index contributed by atoms with van der Waals surface area (Å²) in [6, 6.07) is 11.6. The lowest BCUT2D eigenvalue weighted by Gasteiger charge is -2.14. The van der Waals surface area contributed by atoms with Crippen molar-refractivity contribution in [2.75, 3.05) is 7.11 Å². The van der Waals surface area contributed by atoms with Gasteiger partial charge in [-0.3, -0.25) is 0 Å². The van der Waals surface area contributed by atoms with E-state index in [4.69, 9.17) is 27.9 Å². The number of hydrogen-bond acceptors (Lipinski definition) is 1. The van der Waals surface area contributed by atoms with Gasteiger partial charge in [0, 0.05) is 9.50 Å². The highest BCUT2D eigenvalue weighted by Crippen LogP contribution is 2.36. The van der Waals surface area contributed by atoms with Crippen LogP contribution in [0.1, 0.15) is 22.1 Å². The quantitative estimate of drug-likeness (QED) is 0.634. The summed E-state index contributed by atoms with van der Waals surface area (Å²) in [4.78, 5) is 0. The van der Waals surface area contributed by atoms with Crippen LogP contribution in [0.5, 0.6) is 5.75 Å². The van der Waals surface area contributed by atoms with Crippen LogP contribution in [0.4, 0.5) is 0 Å². The second-order valence-electron chi connectivity index (χ2n) is 4.26. The van der Waals surface area contributed by atoms with E-state index in [2.05, 4.69) is 15.9 Å². The van der Waals surface area contributed by atoms with Crippen molar-refractivity contribution in [2.45, 2.75) is 12.3 Å². The largest absolute Gasteiger partial charge is 0.497 e. The Kier molecular flexibility index (Phi) is 4.77. The molecule has 0 radical (unpaired) electrons.